The van der Waals surface area contributed by atoms with Crippen LogP contribution in [0.2, 0.25) is 5.02 Å². The third-order valence-electron chi connectivity index (χ3n) is 3.82. The molecule has 1 aliphatic heterocycles. The molecule has 3 heteroatoms. The van der Waals surface area contributed by atoms with Crippen LogP contribution in [0.5, 0.6) is 0 Å². The summed E-state index contributed by atoms with van der Waals surface area (Å²) in [5.41, 5.74) is 2.94. The predicted octanol–water partition coefficient (Wildman–Crippen LogP) is 4.03. The molecule has 3 rings (SSSR count). The molecule has 1 nitrogen and oxygen atoms in total. The Bertz CT molecular complexity index is 576. The molecule has 98 valence electrons. The molecule has 0 atom stereocenters. The van der Waals surface area contributed by atoms with E-state index < -0.39 is 0 Å². The zero-order chi connectivity index (χ0) is 13.3. The Labute approximate surface area is 132 Å². The molecule has 0 saturated carbocycles. The third kappa shape index (κ3) is 2.81. The van der Waals surface area contributed by atoms with Crippen molar-refractivity contribution in [1.29, 1.82) is 0 Å². The fraction of sp³-hybridized carbons (Fsp3) is 0.250. The maximum atomic E-state index is 6.13. The topological polar surface area (TPSA) is 12.0 Å². The molecule has 0 bridgehead atoms. The second-order valence-electron chi connectivity index (χ2n) is 5.20. The van der Waals surface area contributed by atoms with E-state index in [-0.39, 0.29) is 5.41 Å². The molecule has 1 N–H and O–H groups in total. The Balaban J connectivity index is 1.89. The van der Waals surface area contributed by atoms with Gasteiger partial charge in [-0.3, -0.25) is 0 Å². The Morgan fingerprint density at radius 2 is 1.84 bits per heavy atom. The SMILES string of the molecule is Clc1cccc(C2(Cc3ccc(I)cc3)CNC2)c1. The molecule has 0 radical (unpaired) electrons. The van der Waals surface area contributed by atoms with E-state index in [1.54, 1.807) is 0 Å². The highest BCUT2D eigenvalue weighted by molar-refractivity contribution is 14.1. The molecule has 0 aliphatic carbocycles. The summed E-state index contributed by atoms with van der Waals surface area (Å²) in [5, 5.41) is 4.23. The summed E-state index contributed by atoms with van der Waals surface area (Å²) in [6.45, 7) is 2.05. The van der Waals surface area contributed by atoms with Crippen LogP contribution in [0, 0.1) is 3.57 Å². The Kier molecular flexibility index (Phi) is 3.83. The lowest BCUT2D eigenvalue weighted by molar-refractivity contribution is 0.275. The van der Waals surface area contributed by atoms with Crippen LogP contribution in [-0.2, 0) is 11.8 Å². The third-order valence-corrected chi connectivity index (χ3v) is 4.77. The van der Waals surface area contributed by atoms with E-state index in [1.807, 2.05) is 12.1 Å². The fourth-order valence-corrected chi connectivity index (χ4v) is 3.22. The van der Waals surface area contributed by atoms with Gasteiger partial charge in [0.2, 0.25) is 0 Å². The van der Waals surface area contributed by atoms with Gasteiger partial charge in [-0.15, -0.1) is 0 Å². The summed E-state index contributed by atoms with van der Waals surface area (Å²) in [6.07, 6.45) is 1.07. The van der Waals surface area contributed by atoms with Crippen molar-refractivity contribution in [2.45, 2.75) is 11.8 Å². The molecule has 1 aliphatic rings. The zero-order valence-electron chi connectivity index (χ0n) is 10.5. The first kappa shape index (κ1) is 13.4. The van der Waals surface area contributed by atoms with E-state index in [4.69, 9.17) is 11.6 Å². The van der Waals surface area contributed by atoms with Crippen molar-refractivity contribution in [3.05, 3.63) is 68.3 Å². The summed E-state index contributed by atoms with van der Waals surface area (Å²) in [7, 11) is 0. The maximum absolute atomic E-state index is 6.13. The van der Waals surface area contributed by atoms with Crippen molar-refractivity contribution in [2.75, 3.05) is 13.1 Å². The van der Waals surface area contributed by atoms with E-state index in [2.05, 4.69) is 64.3 Å². The molecule has 0 spiro atoms. The molecule has 19 heavy (non-hydrogen) atoms. The van der Waals surface area contributed by atoms with Crippen LogP contribution in [0.1, 0.15) is 11.1 Å². The molecular weight excluding hydrogens is 369 g/mol. The first-order valence-electron chi connectivity index (χ1n) is 6.39. The molecule has 2 aromatic rings. The summed E-state index contributed by atoms with van der Waals surface area (Å²) < 4.78 is 1.28. The molecule has 2 aromatic carbocycles. The van der Waals surface area contributed by atoms with Crippen molar-refractivity contribution in [2.24, 2.45) is 0 Å². The van der Waals surface area contributed by atoms with Gasteiger partial charge in [-0.25, -0.2) is 0 Å². The van der Waals surface area contributed by atoms with E-state index >= 15 is 0 Å². The van der Waals surface area contributed by atoms with E-state index in [0.29, 0.717) is 0 Å². The van der Waals surface area contributed by atoms with Crippen LogP contribution >= 0.6 is 34.2 Å². The Hall–Kier alpha value is -0.580. The second kappa shape index (κ2) is 5.43. The molecule has 1 saturated heterocycles. The van der Waals surface area contributed by atoms with Crippen molar-refractivity contribution in [1.82, 2.24) is 5.32 Å². The minimum Gasteiger partial charge on any atom is -0.315 e. The highest BCUT2D eigenvalue weighted by Gasteiger charge is 2.38. The normalized spacial score (nSPS) is 16.9. The first-order valence-corrected chi connectivity index (χ1v) is 7.85. The monoisotopic (exact) mass is 383 g/mol. The highest BCUT2D eigenvalue weighted by atomic mass is 127. The van der Waals surface area contributed by atoms with Gasteiger partial charge in [0.15, 0.2) is 0 Å². The quantitative estimate of drug-likeness (QED) is 0.789. The summed E-state index contributed by atoms with van der Waals surface area (Å²) >= 11 is 8.48. The lowest BCUT2D eigenvalue weighted by Crippen LogP contribution is -2.58. The average molecular weight is 384 g/mol. The van der Waals surface area contributed by atoms with Crippen LogP contribution in [0.15, 0.2) is 48.5 Å². The maximum Gasteiger partial charge on any atom is 0.0408 e. The molecule has 0 amide bonds. The van der Waals surface area contributed by atoms with Crippen molar-refractivity contribution in [3.63, 3.8) is 0 Å². The van der Waals surface area contributed by atoms with Crippen LogP contribution in [0.4, 0.5) is 0 Å². The summed E-state index contributed by atoms with van der Waals surface area (Å²) in [4.78, 5) is 0. The van der Waals surface area contributed by atoms with Gasteiger partial charge in [-0.1, -0.05) is 35.9 Å². The number of rotatable bonds is 3. The lowest BCUT2D eigenvalue weighted by atomic mass is 9.71. The molecule has 0 aromatic heterocycles. The molecule has 1 fully saturated rings. The van der Waals surface area contributed by atoms with Gasteiger partial charge in [-0.05, 0) is 64.4 Å². The van der Waals surface area contributed by atoms with Gasteiger partial charge >= 0.3 is 0 Å². The lowest BCUT2D eigenvalue weighted by Gasteiger charge is -2.43. The molecule has 1 heterocycles. The predicted molar refractivity (Wildman–Crippen MR) is 88.9 cm³/mol. The molecular formula is C16H15ClIN. The minimum absolute atomic E-state index is 0.206. The summed E-state index contributed by atoms with van der Waals surface area (Å²) in [5.74, 6) is 0. The highest BCUT2D eigenvalue weighted by Crippen LogP contribution is 2.33. The zero-order valence-corrected chi connectivity index (χ0v) is 13.4. The van der Waals surface area contributed by atoms with Gasteiger partial charge < -0.3 is 5.32 Å². The average Bonchev–Trinajstić information content (AvgIpc) is 2.36. The van der Waals surface area contributed by atoms with Crippen molar-refractivity contribution >= 4 is 34.2 Å². The molecule has 0 unspecified atom stereocenters. The minimum atomic E-state index is 0.206. The van der Waals surface area contributed by atoms with Gasteiger partial charge in [0.05, 0.1) is 0 Å². The van der Waals surface area contributed by atoms with Gasteiger partial charge in [0, 0.05) is 27.1 Å². The first-order chi connectivity index (χ1) is 9.18. The van der Waals surface area contributed by atoms with Crippen LogP contribution in [-0.4, -0.2) is 13.1 Å². The Morgan fingerprint density at radius 3 is 2.42 bits per heavy atom. The number of halogens is 2. The second-order valence-corrected chi connectivity index (χ2v) is 6.88. The van der Waals surface area contributed by atoms with Gasteiger partial charge in [0.25, 0.3) is 0 Å². The number of nitrogens with one attached hydrogen (secondary N) is 1. The van der Waals surface area contributed by atoms with Crippen LogP contribution in [0.3, 0.4) is 0 Å². The van der Waals surface area contributed by atoms with Crippen molar-refractivity contribution < 1.29 is 0 Å². The number of hydrogen-bond donors (Lipinski definition) is 1. The summed E-state index contributed by atoms with van der Waals surface area (Å²) in [6, 6.07) is 17.1. The number of benzene rings is 2. The van der Waals surface area contributed by atoms with E-state index in [9.17, 15) is 0 Å². The van der Waals surface area contributed by atoms with Gasteiger partial charge in [-0.2, -0.15) is 0 Å². The Morgan fingerprint density at radius 1 is 1.11 bits per heavy atom. The van der Waals surface area contributed by atoms with Crippen LogP contribution in [0.25, 0.3) is 0 Å². The van der Waals surface area contributed by atoms with Crippen molar-refractivity contribution in [3.8, 4) is 0 Å². The number of hydrogen-bond acceptors (Lipinski definition) is 1. The fourth-order valence-electron chi connectivity index (χ4n) is 2.67. The smallest absolute Gasteiger partial charge is 0.0408 e. The van der Waals surface area contributed by atoms with Crippen LogP contribution < -0.4 is 5.32 Å². The van der Waals surface area contributed by atoms with E-state index in [0.717, 1.165) is 24.5 Å². The van der Waals surface area contributed by atoms with Gasteiger partial charge in [0.1, 0.15) is 0 Å². The largest absolute Gasteiger partial charge is 0.315 e. The van der Waals surface area contributed by atoms with E-state index in [1.165, 1.54) is 14.7 Å². The standard InChI is InChI=1S/C16H15ClIN/c17-14-3-1-2-13(8-14)16(10-19-11-16)9-12-4-6-15(18)7-5-12/h1-8,19H,9-11H2.